The van der Waals surface area contributed by atoms with Crippen molar-refractivity contribution in [2.24, 2.45) is 0 Å². The molecule has 0 radical (unpaired) electrons. The third-order valence-corrected chi connectivity index (χ3v) is 2.58. The van der Waals surface area contributed by atoms with Crippen molar-refractivity contribution in [3.63, 3.8) is 0 Å². The molecule has 0 unspecified atom stereocenters. The molecule has 0 fully saturated rings. The van der Waals surface area contributed by atoms with Crippen molar-refractivity contribution < 1.29 is 4.74 Å². The lowest BCUT2D eigenvalue weighted by atomic mass is 10.2. The molecule has 18 heavy (non-hydrogen) atoms. The van der Waals surface area contributed by atoms with Gasteiger partial charge in [-0.15, -0.1) is 0 Å². The van der Waals surface area contributed by atoms with Gasteiger partial charge in [-0.3, -0.25) is 4.98 Å². The SMILES string of the molecule is CCCNCc1ccncc1Oc1ccccc1. The summed E-state index contributed by atoms with van der Waals surface area (Å²) in [6, 6.07) is 11.8. The highest BCUT2D eigenvalue weighted by Crippen LogP contribution is 2.23. The standard InChI is InChI=1S/C15H18N2O/c1-2-9-16-11-13-8-10-17-12-15(13)18-14-6-4-3-5-7-14/h3-8,10,12,16H,2,9,11H2,1H3. The molecule has 0 aliphatic carbocycles. The predicted octanol–water partition coefficient (Wildman–Crippen LogP) is 3.37. The fourth-order valence-electron chi connectivity index (χ4n) is 1.66. The maximum absolute atomic E-state index is 5.84. The lowest BCUT2D eigenvalue weighted by molar-refractivity contribution is 0.470. The Bertz CT molecular complexity index is 471. The van der Waals surface area contributed by atoms with Gasteiger partial charge in [0.1, 0.15) is 11.5 Å². The van der Waals surface area contributed by atoms with E-state index in [4.69, 9.17) is 4.74 Å². The summed E-state index contributed by atoms with van der Waals surface area (Å²) in [5, 5.41) is 3.37. The van der Waals surface area contributed by atoms with E-state index in [1.807, 2.05) is 36.4 Å². The minimum atomic E-state index is 0.804. The summed E-state index contributed by atoms with van der Waals surface area (Å²) in [6.07, 6.45) is 4.68. The number of hydrogen-bond donors (Lipinski definition) is 1. The largest absolute Gasteiger partial charge is 0.455 e. The number of hydrogen-bond acceptors (Lipinski definition) is 3. The Morgan fingerprint density at radius 2 is 2.00 bits per heavy atom. The van der Waals surface area contributed by atoms with Crippen molar-refractivity contribution in [2.75, 3.05) is 6.54 Å². The second kappa shape index (κ2) is 6.77. The van der Waals surface area contributed by atoms with Gasteiger partial charge in [0.25, 0.3) is 0 Å². The first kappa shape index (κ1) is 12.6. The molecule has 3 nitrogen and oxygen atoms in total. The maximum atomic E-state index is 5.84. The van der Waals surface area contributed by atoms with E-state index >= 15 is 0 Å². The first-order valence-electron chi connectivity index (χ1n) is 6.26. The summed E-state index contributed by atoms with van der Waals surface area (Å²) in [7, 11) is 0. The molecular formula is C15H18N2O. The first-order chi connectivity index (χ1) is 8.90. The van der Waals surface area contributed by atoms with Gasteiger partial charge in [0.15, 0.2) is 0 Å². The van der Waals surface area contributed by atoms with E-state index in [0.717, 1.165) is 36.6 Å². The average Bonchev–Trinajstić information content (AvgIpc) is 2.42. The number of para-hydroxylation sites is 1. The zero-order valence-electron chi connectivity index (χ0n) is 10.6. The molecule has 0 saturated heterocycles. The minimum absolute atomic E-state index is 0.804. The molecule has 0 aliphatic heterocycles. The number of ether oxygens (including phenoxy) is 1. The zero-order chi connectivity index (χ0) is 12.6. The van der Waals surface area contributed by atoms with Gasteiger partial charge in [-0.2, -0.15) is 0 Å². The molecule has 0 saturated carbocycles. The first-order valence-corrected chi connectivity index (χ1v) is 6.26. The van der Waals surface area contributed by atoms with Gasteiger partial charge in [-0.05, 0) is 31.2 Å². The van der Waals surface area contributed by atoms with Crippen molar-refractivity contribution in [2.45, 2.75) is 19.9 Å². The van der Waals surface area contributed by atoms with Gasteiger partial charge in [0, 0.05) is 18.3 Å². The maximum Gasteiger partial charge on any atom is 0.150 e. The molecule has 2 aromatic rings. The Morgan fingerprint density at radius 1 is 1.17 bits per heavy atom. The zero-order valence-corrected chi connectivity index (χ0v) is 10.6. The molecule has 0 aliphatic rings. The van der Waals surface area contributed by atoms with Crippen LogP contribution in [-0.4, -0.2) is 11.5 Å². The van der Waals surface area contributed by atoms with Crippen LogP contribution < -0.4 is 10.1 Å². The highest BCUT2D eigenvalue weighted by Gasteiger charge is 2.04. The Kier molecular flexibility index (Phi) is 4.73. The summed E-state index contributed by atoms with van der Waals surface area (Å²) >= 11 is 0. The molecule has 0 amide bonds. The van der Waals surface area contributed by atoms with Crippen LogP contribution in [0.1, 0.15) is 18.9 Å². The van der Waals surface area contributed by atoms with Crippen molar-refractivity contribution in [1.29, 1.82) is 0 Å². The molecule has 1 aromatic heterocycles. The molecule has 1 N–H and O–H groups in total. The monoisotopic (exact) mass is 242 g/mol. The van der Waals surface area contributed by atoms with Crippen LogP contribution in [0.15, 0.2) is 48.8 Å². The third-order valence-electron chi connectivity index (χ3n) is 2.58. The predicted molar refractivity (Wildman–Crippen MR) is 72.8 cm³/mol. The van der Waals surface area contributed by atoms with Crippen molar-refractivity contribution in [1.82, 2.24) is 10.3 Å². The molecule has 94 valence electrons. The Balaban J connectivity index is 2.07. The van der Waals surface area contributed by atoms with Gasteiger partial charge >= 0.3 is 0 Å². The lowest BCUT2D eigenvalue weighted by Gasteiger charge is -2.10. The van der Waals surface area contributed by atoms with Crippen LogP contribution in [0.4, 0.5) is 0 Å². The number of pyridine rings is 1. The normalized spacial score (nSPS) is 10.3. The number of nitrogens with zero attached hydrogens (tertiary/aromatic N) is 1. The fourth-order valence-corrected chi connectivity index (χ4v) is 1.66. The number of benzene rings is 1. The quantitative estimate of drug-likeness (QED) is 0.788. The Hall–Kier alpha value is -1.87. The average molecular weight is 242 g/mol. The highest BCUT2D eigenvalue weighted by atomic mass is 16.5. The highest BCUT2D eigenvalue weighted by molar-refractivity contribution is 5.35. The molecule has 2 rings (SSSR count). The van der Waals surface area contributed by atoms with Gasteiger partial charge < -0.3 is 10.1 Å². The molecule has 0 spiro atoms. The smallest absolute Gasteiger partial charge is 0.150 e. The van der Waals surface area contributed by atoms with Crippen molar-refractivity contribution in [3.8, 4) is 11.5 Å². The van der Waals surface area contributed by atoms with E-state index in [9.17, 15) is 0 Å². The summed E-state index contributed by atoms with van der Waals surface area (Å²) in [4.78, 5) is 4.12. The van der Waals surface area contributed by atoms with Crippen LogP contribution in [0.25, 0.3) is 0 Å². The number of rotatable bonds is 6. The summed E-state index contributed by atoms with van der Waals surface area (Å²) in [5.74, 6) is 1.65. The molecule has 1 aromatic carbocycles. The van der Waals surface area contributed by atoms with Crippen LogP contribution in [0.2, 0.25) is 0 Å². The summed E-state index contributed by atoms with van der Waals surface area (Å²) in [6.45, 7) is 3.96. The van der Waals surface area contributed by atoms with Gasteiger partial charge in [0.05, 0.1) is 6.20 Å². The van der Waals surface area contributed by atoms with Crippen LogP contribution in [0, 0.1) is 0 Å². The van der Waals surface area contributed by atoms with Crippen LogP contribution in [0.5, 0.6) is 11.5 Å². The van der Waals surface area contributed by atoms with E-state index in [-0.39, 0.29) is 0 Å². The molecule has 0 atom stereocenters. The van der Waals surface area contributed by atoms with Gasteiger partial charge in [-0.1, -0.05) is 25.1 Å². The third kappa shape index (κ3) is 3.57. The van der Waals surface area contributed by atoms with E-state index in [1.165, 1.54) is 0 Å². The van der Waals surface area contributed by atoms with E-state index in [1.54, 1.807) is 12.4 Å². The summed E-state index contributed by atoms with van der Waals surface area (Å²) in [5.41, 5.74) is 1.13. The van der Waals surface area contributed by atoms with Crippen molar-refractivity contribution >= 4 is 0 Å². The fraction of sp³-hybridized carbons (Fsp3) is 0.267. The molecule has 1 heterocycles. The van der Waals surface area contributed by atoms with Crippen LogP contribution >= 0.6 is 0 Å². The van der Waals surface area contributed by atoms with Gasteiger partial charge in [0.2, 0.25) is 0 Å². The van der Waals surface area contributed by atoms with Crippen molar-refractivity contribution in [3.05, 3.63) is 54.4 Å². The Labute approximate surface area is 108 Å². The topological polar surface area (TPSA) is 34.2 Å². The second-order valence-electron chi connectivity index (χ2n) is 4.08. The number of aromatic nitrogens is 1. The number of nitrogens with one attached hydrogen (secondary N) is 1. The Morgan fingerprint density at radius 3 is 2.78 bits per heavy atom. The van der Waals surface area contributed by atoms with E-state index in [0.29, 0.717) is 0 Å². The lowest BCUT2D eigenvalue weighted by Crippen LogP contribution is -2.14. The van der Waals surface area contributed by atoms with E-state index in [2.05, 4.69) is 17.2 Å². The van der Waals surface area contributed by atoms with E-state index < -0.39 is 0 Å². The summed E-state index contributed by atoms with van der Waals surface area (Å²) < 4.78 is 5.84. The van der Waals surface area contributed by atoms with Gasteiger partial charge in [-0.25, -0.2) is 0 Å². The minimum Gasteiger partial charge on any atom is -0.455 e. The second-order valence-corrected chi connectivity index (χ2v) is 4.08. The van der Waals surface area contributed by atoms with Crippen LogP contribution in [0.3, 0.4) is 0 Å². The molecule has 3 heteroatoms. The molecule has 0 bridgehead atoms. The molecular weight excluding hydrogens is 224 g/mol. The van der Waals surface area contributed by atoms with Crippen LogP contribution in [-0.2, 0) is 6.54 Å².